The third kappa shape index (κ3) is 6.14. The number of imidazole rings is 2. The number of aromatic nitrogens is 4. The van der Waals surface area contributed by atoms with E-state index in [2.05, 4.69) is 55.4 Å². The maximum absolute atomic E-state index is 5.35. The van der Waals surface area contributed by atoms with Gasteiger partial charge in [0.1, 0.15) is 0 Å². The standard InChI is InChI=1S/2C9H16N2S3.Ni/c2*1-5(2)10-7(12)8(13)11(6(3)4)9(10)14;/h2*5-6,12-13H,1-4H3;/p-4. The van der Waals surface area contributed by atoms with E-state index in [0.29, 0.717) is 20.1 Å². The Labute approximate surface area is 217 Å². The molecule has 170 valence electrons. The van der Waals surface area contributed by atoms with Crippen LogP contribution in [-0.4, -0.2) is 18.3 Å². The summed E-state index contributed by atoms with van der Waals surface area (Å²) in [6.45, 7) is 16.5. The molecule has 0 aliphatic heterocycles. The van der Waals surface area contributed by atoms with Gasteiger partial charge in [-0.2, -0.15) is 0 Å². The topological polar surface area (TPSA) is 19.7 Å². The van der Waals surface area contributed by atoms with Crippen molar-refractivity contribution in [1.82, 2.24) is 18.3 Å². The van der Waals surface area contributed by atoms with Crippen LogP contribution < -0.4 is 0 Å². The summed E-state index contributed by atoms with van der Waals surface area (Å²) < 4.78 is 9.23. The van der Waals surface area contributed by atoms with Crippen LogP contribution >= 0.6 is 24.4 Å². The van der Waals surface area contributed by atoms with E-state index >= 15 is 0 Å². The van der Waals surface area contributed by atoms with E-state index in [1.54, 1.807) is 0 Å². The maximum atomic E-state index is 5.35. The van der Waals surface area contributed by atoms with Crippen LogP contribution in [0.15, 0.2) is 20.1 Å². The van der Waals surface area contributed by atoms with Gasteiger partial charge in [-0.3, -0.25) is 0 Å². The van der Waals surface area contributed by atoms with E-state index in [4.69, 9.17) is 75.0 Å². The van der Waals surface area contributed by atoms with Crippen LogP contribution in [-0.2, 0) is 67.0 Å². The Kier molecular flexibility index (Phi) is 11.8. The molecule has 2 heterocycles. The third-order valence-corrected chi connectivity index (χ3v) is 6.74. The molecular formula is C18H28N4NiS6-4. The Balaban J connectivity index is 0.000000523. The molecular weight excluding hydrogens is 523 g/mol. The number of rotatable bonds is 4. The van der Waals surface area contributed by atoms with Gasteiger partial charge in [-0.25, -0.2) is 0 Å². The van der Waals surface area contributed by atoms with Crippen LogP contribution in [0.3, 0.4) is 0 Å². The Morgan fingerprint density at radius 2 is 0.621 bits per heavy atom. The third-order valence-electron chi connectivity index (χ3n) is 4.13. The van der Waals surface area contributed by atoms with E-state index in [1.807, 2.05) is 18.3 Å². The molecule has 0 fully saturated rings. The molecule has 0 aliphatic carbocycles. The normalized spacial score (nSPS) is 11.2. The van der Waals surface area contributed by atoms with E-state index in [1.165, 1.54) is 0 Å². The second-order valence-corrected chi connectivity index (χ2v) is 9.92. The number of hydrogen-bond donors (Lipinski definition) is 0. The van der Waals surface area contributed by atoms with Crippen molar-refractivity contribution in [3.8, 4) is 0 Å². The Morgan fingerprint density at radius 3 is 0.690 bits per heavy atom. The van der Waals surface area contributed by atoms with Crippen LogP contribution in [0.5, 0.6) is 0 Å². The first-order valence-electron chi connectivity index (χ1n) is 9.17. The Hall–Kier alpha value is 0.234. The quantitative estimate of drug-likeness (QED) is 0.263. The molecule has 2 aromatic heterocycles. The van der Waals surface area contributed by atoms with Gasteiger partial charge in [0.2, 0.25) is 0 Å². The monoisotopic (exact) mass is 550 g/mol. The minimum Gasteiger partial charge on any atom is -0.762 e. The van der Waals surface area contributed by atoms with E-state index in [-0.39, 0.29) is 40.7 Å². The molecule has 11 heteroatoms. The molecule has 0 N–H and O–H groups in total. The summed E-state index contributed by atoms with van der Waals surface area (Å²) in [5.74, 6) is 0. The largest absolute Gasteiger partial charge is 0.762 e. The molecule has 0 saturated carbocycles. The molecule has 0 amide bonds. The molecule has 29 heavy (non-hydrogen) atoms. The molecule has 0 radical (unpaired) electrons. The number of nitrogens with zero attached hydrogens (tertiary/aromatic N) is 4. The van der Waals surface area contributed by atoms with Gasteiger partial charge in [0.15, 0.2) is 9.54 Å². The van der Waals surface area contributed by atoms with Gasteiger partial charge < -0.3 is 68.8 Å². The molecule has 4 nitrogen and oxygen atoms in total. The summed E-state index contributed by atoms with van der Waals surface area (Å²) in [7, 11) is 0. The van der Waals surface area contributed by atoms with Crippen molar-refractivity contribution < 1.29 is 16.5 Å². The Bertz CT molecular complexity index is 789. The van der Waals surface area contributed by atoms with Gasteiger partial charge in [-0.05, 0) is 79.8 Å². The molecule has 0 saturated heterocycles. The summed E-state index contributed by atoms with van der Waals surface area (Å²) in [4.78, 5) is 0. The van der Waals surface area contributed by atoms with Crippen LogP contribution in [0, 0.1) is 9.54 Å². The van der Waals surface area contributed by atoms with Gasteiger partial charge in [0, 0.05) is 40.7 Å². The van der Waals surface area contributed by atoms with Crippen molar-refractivity contribution in [2.75, 3.05) is 0 Å². The SMILES string of the molecule is CC(C)n1c([S-])c([S-])n(C(C)C)c1=S.CC(C)n1c([S-])c([S-])n(C(C)C)c1=S.[Ni]. The van der Waals surface area contributed by atoms with Crippen LogP contribution in [0.4, 0.5) is 0 Å². The molecule has 0 aromatic carbocycles. The molecule has 2 aromatic rings. The van der Waals surface area contributed by atoms with Crippen LogP contribution in [0.25, 0.3) is 0 Å². The minimum absolute atomic E-state index is 0. The van der Waals surface area contributed by atoms with Crippen molar-refractivity contribution in [3.05, 3.63) is 9.54 Å². The van der Waals surface area contributed by atoms with Crippen molar-refractivity contribution in [1.29, 1.82) is 0 Å². The average Bonchev–Trinajstić information content (AvgIpc) is 2.90. The predicted octanol–water partition coefficient (Wildman–Crippen LogP) is 5.98. The minimum atomic E-state index is 0. The molecule has 2 rings (SSSR count). The second kappa shape index (κ2) is 11.7. The van der Waals surface area contributed by atoms with Gasteiger partial charge in [0.25, 0.3) is 0 Å². The zero-order valence-corrected chi connectivity index (χ0v) is 23.8. The fourth-order valence-electron chi connectivity index (χ4n) is 2.81. The van der Waals surface area contributed by atoms with Gasteiger partial charge >= 0.3 is 0 Å². The van der Waals surface area contributed by atoms with Gasteiger partial charge in [-0.1, -0.05) is 0 Å². The summed E-state index contributed by atoms with van der Waals surface area (Å²) in [6.07, 6.45) is 0. The van der Waals surface area contributed by atoms with E-state index in [9.17, 15) is 0 Å². The van der Waals surface area contributed by atoms with Crippen molar-refractivity contribution in [2.24, 2.45) is 0 Å². The van der Waals surface area contributed by atoms with Crippen molar-refractivity contribution in [3.63, 3.8) is 0 Å². The van der Waals surface area contributed by atoms with Gasteiger partial charge in [0.05, 0.1) is 0 Å². The molecule has 0 bridgehead atoms. The number of hydrogen-bond acceptors (Lipinski definition) is 6. The van der Waals surface area contributed by atoms with Crippen molar-refractivity contribution >= 4 is 75.0 Å². The summed E-state index contributed by atoms with van der Waals surface area (Å²) in [5.41, 5.74) is 0. The molecule has 0 aliphatic rings. The van der Waals surface area contributed by atoms with Crippen LogP contribution in [0.1, 0.15) is 79.6 Å². The molecule has 0 unspecified atom stereocenters. The summed E-state index contributed by atoms with van der Waals surface area (Å²) in [5, 5.41) is 2.75. The second-order valence-electron chi connectivity index (χ2n) is 7.64. The van der Waals surface area contributed by atoms with E-state index in [0.717, 1.165) is 9.54 Å². The zero-order valence-electron chi connectivity index (χ0n) is 17.9. The van der Waals surface area contributed by atoms with Gasteiger partial charge in [-0.15, -0.1) is 20.1 Å². The molecule has 0 spiro atoms. The zero-order chi connectivity index (χ0) is 22.1. The molecule has 0 atom stereocenters. The fourth-order valence-corrected chi connectivity index (χ4v) is 5.84. The Morgan fingerprint density at radius 1 is 0.483 bits per heavy atom. The smallest absolute Gasteiger partial charge is 0.177 e. The summed E-state index contributed by atoms with van der Waals surface area (Å²) >= 11 is 31.8. The van der Waals surface area contributed by atoms with E-state index < -0.39 is 0 Å². The first-order chi connectivity index (χ1) is 12.7. The first kappa shape index (κ1) is 29.2. The van der Waals surface area contributed by atoms with Crippen molar-refractivity contribution in [2.45, 2.75) is 99.7 Å². The average molecular weight is 552 g/mol. The summed E-state index contributed by atoms with van der Waals surface area (Å²) in [6, 6.07) is 1.10. The first-order valence-corrected chi connectivity index (χ1v) is 11.6. The predicted molar refractivity (Wildman–Crippen MR) is 131 cm³/mol. The fraction of sp³-hybridized carbons (Fsp3) is 0.667. The van der Waals surface area contributed by atoms with Crippen LogP contribution in [0.2, 0.25) is 0 Å². The maximum Gasteiger partial charge on any atom is 0.177 e.